The molecule has 1 saturated heterocycles. The number of carbonyl (C=O) groups excluding carboxylic acids is 2. The fourth-order valence-electron chi connectivity index (χ4n) is 5.24. The van der Waals surface area contributed by atoms with Gasteiger partial charge in [0.1, 0.15) is 12.1 Å². The third-order valence-electron chi connectivity index (χ3n) is 6.87. The number of hydrogen-bond donors (Lipinski definition) is 3. The molecule has 1 aromatic carbocycles. The van der Waals surface area contributed by atoms with Crippen molar-refractivity contribution in [1.29, 1.82) is 0 Å². The summed E-state index contributed by atoms with van der Waals surface area (Å²) in [5.41, 5.74) is 0.837. The van der Waals surface area contributed by atoms with Gasteiger partial charge in [0.05, 0.1) is 12.6 Å². The zero-order chi connectivity index (χ0) is 22.4. The minimum absolute atomic E-state index is 0.0688. The number of hydrogen-bond acceptors (Lipinski definition) is 6. The van der Waals surface area contributed by atoms with Crippen molar-refractivity contribution in [2.24, 2.45) is 11.3 Å². The number of esters is 1. The summed E-state index contributed by atoms with van der Waals surface area (Å²) in [6, 6.07) is 8.27. The van der Waals surface area contributed by atoms with Gasteiger partial charge in [-0.25, -0.2) is 0 Å². The van der Waals surface area contributed by atoms with Crippen molar-refractivity contribution in [3.8, 4) is 0 Å². The van der Waals surface area contributed by atoms with Crippen LogP contribution in [0.25, 0.3) is 0 Å². The quantitative estimate of drug-likeness (QED) is 0.489. The second-order valence-corrected chi connectivity index (χ2v) is 8.90. The maximum atomic E-state index is 13.4. The Morgan fingerprint density at radius 2 is 2.03 bits per heavy atom. The van der Waals surface area contributed by atoms with Gasteiger partial charge in [-0.15, -0.1) is 0 Å². The molecule has 2 aliphatic rings. The summed E-state index contributed by atoms with van der Waals surface area (Å²) >= 11 is 0. The van der Waals surface area contributed by atoms with Crippen LogP contribution in [0.1, 0.15) is 51.5 Å². The van der Waals surface area contributed by atoms with Crippen LogP contribution in [0.5, 0.6) is 0 Å². The molecule has 2 unspecified atom stereocenters. The van der Waals surface area contributed by atoms with E-state index < -0.39 is 24.1 Å². The number of ketones is 1. The highest BCUT2D eigenvalue weighted by Crippen LogP contribution is 2.49. The molecule has 7 heteroatoms. The number of benzene rings is 1. The molecule has 1 heterocycles. The van der Waals surface area contributed by atoms with Crippen LogP contribution < -0.4 is 10.6 Å². The minimum Gasteiger partial charge on any atom is -0.480 e. The lowest BCUT2D eigenvalue weighted by Gasteiger charge is -2.32. The number of ether oxygens (including phenoxy) is 1. The van der Waals surface area contributed by atoms with E-state index in [0.717, 1.165) is 24.8 Å². The number of Topliss-reactive ketones (excluding diaryl/α,β-unsaturated/α-hetero) is 1. The first-order chi connectivity index (χ1) is 14.9. The van der Waals surface area contributed by atoms with Gasteiger partial charge in [-0.1, -0.05) is 36.8 Å². The first-order valence-corrected chi connectivity index (χ1v) is 11.3. The Morgan fingerprint density at radius 3 is 2.68 bits per heavy atom. The SMILES string of the molecule is CCOC(=O)[C@H](CCc1ccccc1)N[C@H](C)C(=O)C1CCCC12CN[C@H](C(=O)O)C2. The molecule has 7 nitrogen and oxygen atoms in total. The molecule has 0 radical (unpaired) electrons. The zero-order valence-corrected chi connectivity index (χ0v) is 18.4. The monoisotopic (exact) mass is 430 g/mol. The van der Waals surface area contributed by atoms with E-state index in [-0.39, 0.29) is 23.1 Å². The van der Waals surface area contributed by atoms with Crippen LogP contribution in [0.15, 0.2) is 30.3 Å². The Hall–Kier alpha value is -2.25. The van der Waals surface area contributed by atoms with Crippen LogP contribution in [0, 0.1) is 11.3 Å². The highest BCUT2D eigenvalue weighted by atomic mass is 16.5. The van der Waals surface area contributed by atoms with E-state index in [1.165, 1.54) is 0 Å². The summed E-state index contributed by atoms with van der Waals surface area (Å²) in [4.78, 5) is 37.3. The minimum atomic E-state index is -0.857. The third kappa shape index (κ3) is 5.52. The molecule has 31 heavy (non-hydrogen) atoms. The lowest BCUT2D eigenvalue weighted by molar-refractivity contribution is -0.146. The van der Waals surface area contributed by atoms with Gasteiger partial charge in [0.15, 0.2) is 5.78 Å². The third-order valence-corrected chi connectivity index (χ3v) is 6.87. The predicted molar refractivity (Wildman–Crippen MR) is 117 cm³/mol. The fraction of sp³-hybridized carbons (Fsp3) is 0.625. The van der Waals surface area contributed by atoms with Gasteiger partial charge in [-0.05, 0) is 56.9 Å². The fourth-order valence-corrected chi connectivity index (χ4v) is 5.24. The summed E-state index contributed by atoms with van der Waals surface area (Å²) in [6.07, 6.45) is 4.29. The van der Waals surface area contributed by atoms with E-state index in [1.807, 2.05) is 30.3 Å². The second kappa shape index (κ2) is 10.4. The smallest absolute Gasteiger partial charge is 0.323 e. The molecule has 0 aromatic heterocycles. The van der Waals surface area contributed by atoms with Crippen LogP contribution in [0.3, 0.4) is 0 Å². The van der Waals surface area contributed by atoms with E-state index in [9.17, 15) is 19.5 Å². The molecule has 3 N–H and O–H groups in total. The summed E-state index contributed by atoms with van der Waals surface area (Å²) < 4.78 is 5.24. The average Bonchev–Trinajstić information content (AvgIpc) is 3.38. The Kier molecular flexibility index (Phi) is 7.84. The molecule has 0 bridgehead atoms. The van der Waals surface area contributed by atoms with E-state index in [4.69, 9.17) is 4.74 Å². The Balaban J connectivity index is 1.65. The molecule has 1 aliphatic carbocycles. The van der Waals surface area contributed by atoms with Crippen molar-refractivity contribution in [2.75, 3.05) is 13.2 Å². The number of carboxylic acid groups (broad SMARTS) is 1. The molecule has 3 rings (SSSR count). The summed E-state index contributed by atoms with van der Waals surface area (Å²) in [6.45, 7) is 4.43. The van der Waals surface area contributed by atoms with E-state index in [1.54, 1.807) is 13.8 Å². The summed E-state index contributed by atoms with van der Waals surface area (Å²) in [7, 11) is 0. The maximum absolute atomic E-state index is 13.4. The van der Waals surface area contributed by atoms with Gasteiger partial charge in [0, 0.05) is 12.5 Å². The molecule has 170 valence electrons. The average molecular weight is 431 g/mol. The largest absolute Gasteiger partial charge is 0.480 e. The Morgan fingerprint density at radius 1 is 1.29 bits per heavy atom. The molecule has 1 spiro atoms. The van der Waals surface area contributed by atoms with Crippen LogP contribution in [0.2, 0.25) is 0 Å². The molecular formula is C24H34N2O5. The summed E-state index contributed by atoms with van der Waals surface area (Å²) in [5.74, 6) is -1.32. The molecule has 1 saturated carbocycles. The van der Waals surface area contributed by atoms with E-state index in [2.05, 4.69) is 10.6 Å². The van der Waals surface area contributed by atoms with E-state index >= 15 is 0 Å². The van der Waals surface area contributed by atoms with Crippen LogP contribution >= 0.6 is 0 Å². The normalized spacial score (nSPS) is 27.2. The van der Waals surface area contributed by atoms with Gasteiger partial charge in [-0.3, -0.25) is 19.7 Å². The van der Waals surface area contributed by atoms with Crippen molar-refractivity contribution in [3.63, 3.8) is 0 Å². The number of aryl methyl sites for hydroxylation is 1. The highest BCUT2D eigenvalue weighted by Gasteiger charge is 2.52. The van der Waals surface area contributed by atoms with Gasteiger partial charge >= 0.3 is 11.9 Å². The van der Waals surface area contributed by atoms with Gasteiger partial charge in [-0.2, -0.15) is 0 Å². The summed E-state index contributed by atoms with van der Waals surface area (Å²) in [5, 5.41) is 15.7. The number of aliphatic carboxylic acids is 1. The van der Waals surface area contributed by atoms with Crippen molar-refractivity contribution in [2.45, 2.75) is 70.5 Å². The van der Waals surface area contributed by atoms with Crippen LogP contribution in [-0.4, -0.2) is 54.1 Å². The van der Waals surface area contributed by atoms with Crippen LogP contribution in [-0.2, 0) is 25.5 Å². The molecule has 1 aliphatic heterocycles. The molecule has 5 atom stereocenters. The highest BCUT2D eigenvalue weighted by molar-refractivity contribution is 5.88. The Labute approximate surface area is 183 Å². The predicted octanol–water partition coefficient (Wildman–Crippen LogP) is 2.33. The van der Waals surface area contributed by atoms with Gasteiger partial charge < -0.3 is 15.2 Å². The zero-order valence-electron chi connectivity index (χ0n) is 18.4. The standard InChI is InChI=1S/C24H34N2O5/c1-3-31-23(30)19(12-11-17-8-5-4-6-9-17)26-16(2)21(27)18-10-7-13-24(18)14-20(22(28)29)25-15-24/h4-6,8-9,16,18-20,25-26H,3,7,10-15H2,1-2H3,(H,28,29)/t16-,18?,19+,20+,24?/m1/s1. The molecule has 2 fully saturated rings. The molecule has 0 amide bonds. The van der Waals surface area contributed by atoms with Crippen molar-refractivity contribution < 1.29 is 24.2 Å². The van der Waals surface area contributed by atoms with Crippen LogP contribution in [0.4, 0.5) is 0 Å². The lowest BCUT2D eigenvalue weighted by Crippen LogP contribution is -2.50. The van der Waals surface area contributed by atoms with Crippen molar-refractivity contribution in [1.82, 2.24) is 10.6 Å². The van der Waals surface area contributed by atoms with Crippen molar-refractivity contribution >= 4 is 17.7 Å². The number of nitrogens with one attached hydrogen (secondary N) is 2. The first-order valence-electron chi connectivity index (χ1n) is 11.3. The topological polar surface area (TPSA) is 105 Å². The number of carboxylic acids is 1. The Bertz CT molecular complexity index is 783. The van der Waals surface area contributed by atoms with Crippen molar-refractivity contribution in [3.05, 3.63) is 35.9 Å². The number of carbonyl (C=O) groups is 3. The van der Waals surface area contributed by atoms with Gasteiger partial charge in [0.25, 0.3) is 0 Å². The van der Waals surface area contributed by atoms with E-state index in [0.29, 0.717) is 32.4 Å². The molecular weight excluding hydrogens is 396 g/mol. The maximum Gasteiger partial charge on any atom is 0.323 e. The second-order valence-electron chi connectivity index (χ2n) is 8.90. The molecule has 1 aromatic rings. The number of rotatable bonds is 10. The van der Waals surface area contributed by atoms with Gasteiger partial charge in [0.2, 0.25) is 0 Å². The lowest BCUT2D eigenvalue weighted by atomic mass is 9.73. The first kappa shape index (κ1) is 23.4.